The molecule has 1 saturated carbocycles. The Hall–Kier alpha value is -0.830. The number of halogens is 1. The molecule has 0 atom stereocenters. The Bertz CT molecular complexity index is 299. The molecule has 0 spiro atoms. The van der Waals surface area contributed by atoms with Crippen molar-refractivity contribution in [3.8, 4) is 0 Å². The molecule has 3 nitrogen and oxygen atoms in total. The van der Waals surface area contributed by atoms with Crippen LogP contribution in [-0.2, 0) is 0 Å². The maximum atomic E-state index is 5.70. The Morgan fingerprint density at radius 1 is 1.43 bits per heavy atom. The van der Waals surface area contributed by atoms with E-state index in [1.807, 2.05) is 0 Å². The van der Waals surface area contributed by atoms with Crippen LogP contribution in [0.3, 0.4) is 0 Å². The normalized spacial score (nSPS) is 15.5. The SMILES string of the molecule is Clc1cncc(NCCCC2CC2)n1. The molecule has 1 aromatic heterocycles. The van der Waals surface area contributed by atoms with Crippen molar-refractivity contribution in [2.45, 2.75) is 25.7 Å². The first-order valence-corrected chi connectivity index (χ1v) is 5.44. The van der Waals surface area contributed by atoms with Gasteiger partial charge < -0.3 is 5.32 Å². The average molecular weight is 212 g/mol. The van der Waals surface area contributed by atoms with Crippen LogP contribution in [0.4, 0.5) is 5.82 Å². The summed E-state index contributed by atoms with van der Waals surface area (Å²) >= 11 is 5.70. The summed E-state index contributed by atoms with van der Waals surface area (Å²) in [5.74, 6) is 1.77. The molecule has 2 rings (SSSR count). The molecule has 14 heavy (non-hydrogen) atoms. The van der Waals surface area contributed by atoms with Crippen molar-refractivity contribution < 1.29 is 0 Å². The summed E-state index contributed by atoms with van der Waals surface area (Å²) in [6.45, 7) is 0.964. The van der Waals surface area contributed by atoms with Crippen LogP contribution >= 0.6 is 11.6 Å². The lowest BCUT2D eigenvalue weighted by atomic mass is 10.2. The second kappa shape index (κ2) is 4.60. The van der Waals surface area contributed by atoms with E-state index in [1.54, 1.807) is 6.20 Å². The first-order chi connectivity index (χ1) is 6.84. The summed E-state index contributed by atoms with van der Waals surface area (Å²) < 4.78 is 0. The minimum atomic E-state index is 0.442. The van der Waals surface area contributed by atoms with Gasteiger partial charge in [0.05, 0.1) is 12.4 Å². The van der Waals surface area contributed by atoms with Crippen molar-refractivity contribution in [2.75, 3.05) is 11.9 Å². The lowest BCUT2D eigenvalue weighted by Crippen LogP contribution is -2.03. The summed E-state index contributed by atoms with van der Waals surface area (Å²) in [4.78, 5) is 8.05. The largest absolute Gasteiger partial charge is 0.369 e. The van der Waals surface area contributed by atoms with Crippen molar-refractivity contribution in [1.82, 2.24) is 9.97 Å². The number of aromatic nitrogens is 2. The van der Waals surface area contributed by atoms with Crippen LogP contribution in [0.2, 0.25) is 5.15 Å². The van der Waals surface area contributed by atoms with Gasteiger partial charge in [0.2, 0.25) is 0 Å². The monoisotopic (exact) mass is 211 g/mol. The van der Waals surface area contributed by atoms with E-state index in [2.05, 4.69) is 15.3 Å². The lowest BCUT2D eigenvalue weighted by molar-refractivity contribution is 0.686. The quantitative estimate of drug-likeness (QED) is 0.762. The molecular formula is C10H14ClN3. The fourth-order valence-corrected chi connectivity index (χ4v) is 1.59. The molecule has 4 heteroatoms. The highest BCUT2D eigenvalue weighted by Gasteiger charge is 2.19. The van der Waals surface area contributed by atoms with Gasteiger partial charge in [-0.1, -0.05) is 24.4 Å². The predicted molar refractivity (Wildman–Crippen MR) is 57.5 cm³/mol. The summed E-state index contributed by atoms with van der Waals surface area (Å²) in [5.41, 5.74) is 0. The van der Waals surface area contributed by atoms with E-state index in [0.717, 1.165) is 18.3 Å². The average Bonchev–Trinajstić information content (AvgIpc) is 2.96. The molecule has 76 valence electrons. The van der Waals surface area contributed by atoms with Crippen LogP contribution in [0.5, 0.6) is 0 Å². The van der Waals surface area contributed by atoms with Gasteiger partial charge in [0, 0.05) is 6.54 Å². The summed E-state index contributed by atoms with van der Waals surface area (Å²) in [6.07, 6.45) is 8.63. The van der Waals surface area contributed by atoms with Crippen molar-refractivity contribution in [2.24, 2.45) is 5.92 Å². The number of anilines is 1. The van der Waals surface area contributed by atoms with E-state index >= 15 is 0 Å². The smallest absolute Gasteiger partial charge is 0.149 e. The molecule has 1 aliphatic carbocycles. The molecule has 1 fully saturated rings. The number of nitrogens with one attached hydrogen (secondary N) is 1. The van der Waals surface area contributed by atoms with Gasteiger partial charge in [-0.2, -0.15) is 0 Å². The third-order valence-corrected chi connectivity index (χ3v) is 2.58. The zero-order valence-corrected chi connectivity index (χ0v) is 8.80. The standard InChI is InChI=1S/C10H14ClN3/c11-9-6-12-7-10(14-9)13-5-1-2-8-3-4-8/h6-8H,1-5H2,(H,13,14). The van der Waals surface area contributed by atoms with Crippen LogP contribution in [0.15, 0.2) is 12.4 Å². The molecule has 1 N–H and O–H groups in total. The van der Waals surface area contributed by atoms with Crippen molar-refractivity contribution in [3.05, 3.63) is 17.5 Å². The van der Waals surface area contributed by atoms with Gasteiger partial charge in [-0.15, -0.1) is 0 Å². The third-order valence-electron chi connectivity index (χ3n) is 2.40. The topological polar surface area (TPSA) is 37.8 Å². The van der Waals surface area contributed by atoms with Crippen molar-refractivity contribution in [1.29, 1.82) is 0 Å². The Labute approximate surface area is 88.9 Å². The van der Waals surface area contributed by atoms with Crippen LogP contribution in [0.1, 0.15) is 25.7 Å². The van der Waals surface area contributed by atoms with Gasteiger partial charge in [-0.25, -0.2) is 4.98 Å². The molecule has 0 aromatic carbocycles. The van der Waals surface area contributed by atoms with E-state index in [-0.39, 0.29) is 0 Å². The van der Waals surface area contributed by atoms with Crippen LogP contribution in [0, 0.1) is 5.92 Å². The first-order valence-electron chi connectivity index (χ1n) is 5.06. The minimum Gasteiger partial charge on any atom is -0.369 e. The Morgan fingerprint density at radius 3 is 3.00 bits per heavy atom. The highest BCUT2D eigenvalue weighted by molar-refractivity contribution is 6.29. The van der Waals surface area contributed by atoms with Gasteiger partial charge in [0.15, 0.2) is 0 Å². The Balaban J connectivity index is 1.68. The van der Waals surface area contributed by atoms with E-state index in [9.17, 15) is 0 Å². The maximum Gasteiger partial charge on any atom is 0.149 e. The van der Waals surface area contributed by atoms with Crippen molar-refractivity contribution >= 4 is 17.4 Å². The van der Waals surface area contributed by atoms with Crippen LogP contribution < -0.4 is 5.32 Å². The highest BCUT2D eigenvalue weighted by atomic mass is 35.5. The summed E-state index contributed by atoms with van der Waals surface area (Å²) in [5, 5.41) is 3.65. The van der Waals surface area contributed by atoms with E-state index in [4.69, 9.17) is 11.6 Å². The molecule has 1 heterocycles. The fraction of sp³-hybridized carbons (Fsp3) is 0.600. The zero-order valence-electron chi connectivity index (χ0n) is 8.04. The van der Waals surface area contributed by atoms with Crippen molar-refractivity contribution in [3.63, 3.8) is 0 Å². The fourth-order valence-electron chi connectivity index (χ4n) is 1.44. The number of rotatable bonds is 5. The number of nitrogens with zero attached hydrogens (tertiary/aromatic N) is 2. The summed E-state index contributed by atoms with van der Waals surface area (Å²) in [6, 6.07) is 0. The van der Waals surface area contributed by atoms with Crippen LogP contribution in [-0.4, -0.2) is 16.5 Å². The molecule has 0 radical (unpaired) electrons. The second-order valence-electron chi connectivity index (χ2n) is 3.74. The number of hydrogen-bond donors (Lipinski definition) is 1. The minimum absolute atomic E-state index is 0.442. The zero-order chi connectivity index (χ0) is 9.80. The van der Waals surface area contributed by atoms with Gasteiger partial charge in [-0.05, 0) is 18.8 Å². The first kappa shape index (κ1) is 9.71. The van der Waals surface area contributed by atoms with Gasteiger partial charge in [-0.3, -0.25) is 4.98 Å². The molecule has 0 saturated heterocycles. The van der Waals surface area contributed by atoms with E-state index in [1.165, 1.54) is 31.9 Å². The molecular weight excluding hydrogens is 198 g/mol. The maximum absolute atomic E-state index is 5.70. The van der Waals surface area contributed by atoms with Gasteiger partial charge in [0.25, 0.3) is 0 Å². The van der Waals surface area contributed by atoms with Gasteiger partial charge >= 0.3 is 0 Å². The van der Waals surface area contributed by atoms with E-state index in [0.29, 0.717) is 5.15 Å². The Morgan fingerprint density at radius 2 is 2.29 bits per heavy atom. The summed E-state index contributed by atoms with van der Waals surface area (Å²) in [7, 11) is 0. The molecule has 0 unspecified atom stereocenters. The molecule has 0 amide bonds. The molecule has 0 bridgehead atoms. The Kier molecular flexibility index (Phi) is 3.19. The lowest BCUT2D eigenvalue weighted by Gasteiger charge is -2.04. The van der Waals surface area contributed by atoms with Crippen LogP contribution in [0.25, 0.3) is 0 Å². The van der Waals surface area contributed by atoms with Gasteiger partial charge in [0.1, 0.15) is 11.0 Å². The number of hydrogen-bond acceptors (Lipinski definition) is 3. The third kappa shape index (κ3) is 3.14. The molecule has 1 aliphatic rings. The predicted octanol–water partition coefficient (Wildman–Crippen LogP) is 2.73. The molecule has 1 aromatic rings. The molecule has 0 aliphatic heterocycles. The second-order valence-corrected chi connectivity index (χ2v) is 4.13. The van der Waals surface area contributed by atoms with E-state index < -0.39 is 0 Å². The highest BCUT2D eigenvalue weighted by Crippen LogP contribution is 2.33.